The fourth-order valence-electron chi connectivity index (χ4n) is 1.50. The molecule has 0 spiro atoms. The minimum Gasteiger partial charge on any atom is -0.480 e. The SMILES string of the molecule is NCCCCC(N)(C(=O)O)C(F)F.NCCCCC(N)C(=O)O. The highest BCUT2D eigenvalue weighted by Gasteiger charge is 2.42. The van der Waals surface area contributed by atoms with Gasteiger partial charge in [-0.05, 0) is 45.2 Å². The van der Waals surface area contributed by atoms with Gasteiger partial charge in [0.05, 0.1) is 0 Å². The normalized spacial score (nSPS) is 14.6. The van der Waals surface area contributed by atoms with Gasteiger partial charge in [-0.2, -0.15) is 0 Å². The van der Waals surface area contributed by atoms with Gasteiger partial charge in [-0.15, -0.1) is 0 Å². The second-order valence-corrected chi connectivity index (χ2v) is 5.12. The summed E-state index contributed by atoms with van der Waals surface area (Å²) >= 11 is 0. The molecule has 0 aliphatic heterocycles. The first-order chi connectivity index (χ1) is 10.6. The quantitative estimate of drug-likeness (QED) is 0.277. The molecule has 2 atom stereocenters. The number of carbonyl (C=O) groups is 2. The molecule has 0 saturated heterocycles. The lowest BCUT2D eigenvalue weighted by Crippen LogP contribution is -2.54. The standard InChI is InChI=1S/C7H14F2N2O2.C6H14N2O2/c8-5(9)7(11,6(12)13)3-1-2-4-10;7-4-2-1-3-5(8)6(9)10/h5H,1-4,10-11H2,(H,12,13);5H,1-4,7-8H2,(H,9,10). The second-order valence-electron chi connectivity index (χ2n) is 5.12. The first-order valence-corrected chi connectivity index (χ1v) is 7.32. The summed E-state index contributed by atoms with van der Waals surface area (Å²) in [6, 6.07) is -0.716. The smallest absolute Gasteiger partial charge is 0.329 e. The molecule has 0 saturated carbocycles. The van der Waals surface area contributed by atoms with E-state index in [1.807, 2.05) is 0 Å². The molecule has 0 aliphatic carbocycles. The van der Waals surface area contributed by atoms with Crippen LogP contribution in [0.2, 0.25) is 0 Å². The van der Waals surface area contributed by atoms with Crippen molar-refractivity contribution in [3.05, 3.63) is 0 Å². The fourth-order valence-corrected chi connectivity index (χ4v) is 1.50. The van der Waals surface area contributed by atoms with Gasteiger partial charge in [0.2, 0.25) is 0 Å². The zero-order valence-electron chi connectivity index (χ0n) is 13.1. The van der Waals surface area contributed by atoms with Crippen LogP contribution in [0.4, 0.5) is 8.78 Å². The third-order valence-electron chi connectivity index (χ3n) is 3.12. The number of nitrogens with two attached hydrogens (primary N) is 4. The maximum Gasteiger partial charge on any atom is 0.329 e. The Morgan fingerprint density at radius 3 is 1.83 bits per heavy atom. The van der Waals surface area contributed by atoms with E-state index in [0.29, 0.717) is 32.4 Å². The number of unbranched alkanes of at least 4 members (excludes halogenated alkanes) is 2. The number of hydrogen-bond acceptors (Lipinski definition) is 6. The lowest BCUT2D eigenvalue weighted by Gasteiger charge is -2.23. The second kappa shape index (κ2) is 13.1. The van der Waals surface area contributed by atoms with E-state index in [1.54, 1.807) is 0 Å². The number of aliphatic carboxylic acids is 2. The van der Waals surface area contributed by atoms with Crippen LogP contribution in [0.3, 0.4) is 0 Å². The zero-order valence-corrected chi connectivity index (χ0v) is 13.1. The molecular weight excluding hydrogens is 314 g/mol. The predicted octanol–water partition coefficient (Wildman–Crippen LogP) is -0.310. The maximum absolute atomic E-state index is 12.2. The average Bonchev–Trinajstić information content (AvgIpc) is 2.47. The van der Waals surface area contributed by atoms with Gasteiger partial charge in [0, 0.05) is 0 Å². The number of alkyl halides is 2. The number of carboxylic acid groups (broad SMARTS) is 2. The molecule has 2 unspecified atom stereocenters. The molecule has 0 rings (SSSR count). The van der Waals surface area contributed by atoms with Crippen molar-refractivity contribution in [1.82, 2.24) is 0 Å². The number of rotatable bonds is 11. The zero-order chi connectivity index (χ0) is 18.5. The molecule has 8 nitrogen and oxygen atoms in total. The van der Waals surface area contributed by atoms with Gasteiger partial charge < -0.3 is 33.1 Å². The number of hydrogen-bond donors (Lipinski definition) is 6. The van der Waals surface area contributed by atoms with E-state index < -0.39 is 29.9 Å². The van der Waals surface area contributed by atoms with Crippen LogP contribution in [-0.2, 0) is 9.59 Å². The van der Waals surface area contributed by atoms with E-state index in [1.165, 1.54) is 0 Å². The molecule has 10 N–H and O–H groups in total. The molecule has 0 heterocycles. The van der Waals surface area contributed by atoms with Gasteiger partial charge in [0.15, 0.2) is 5.54 Å². The summed E-state index contributed by atoms with van der Waals surface area (Å²) < 4.78 is 24.4. The summed E-state index contributed by atoms with van der Waals surface area (Å²) in [5.74, 6) is -2.60. The molecule has 23 heavy (non-hydrogen) atoms. The van der Waals surface area contributed by atoms with Crippen molar-refractivity contribution < 1.29 is 28.6 Å². The fraction of sp³-hybridized carbons (Fsp3) is 0.846. The van der Waals surface area contributed by atoms with Crippen LogP contribution in [0, 0.1) is 0 Å². The van der Waals surface area contributed by atoms with Crippen LogP contribution < -0.4 is 22.9 Å². The Bertz CT molecular complexity index is 348. The van der Waals surface area contributed by atoms with Crippen molar-refractivity contribution in [2.24, 2.45) is 22.9 Å². The summed E-state index contributed by atoms with van der Waals surface area (Å²) in [6.45, 7) is 0.950. The Labute approximate surface area is 134 Å². The maximum atomic E-state index is 12.2. The van der Waals surface area contributed by atoms with E-state index in [-0.39, 0.29) is 6.42 Å². The van der Waals surface area contributed by atoms with E-state index in [9.17, 15) is 18.4 Å². The summed E-state index contributed by atoms with van der Waals surface area (Å²) in [4.78, 5) is 20.6. The van der Waals surface area contributed by atoms with Crippen LogP contribution in [0.1, 0.15) is 38.5 Å². The van der Waals surface area contributed by atoms with Gasteiger partial charge in [-0.25, -0.2) is 13.6 Å². The molecule has 0 amide bonds. The Balaban J connectivity index is 0. The summed E-state index contributed by atoms with van der Waals surface area (Å²) in [7, 11) is 0. The molecule has 0 fully saturated rings. The molecular formula is C13H28F2N4O4. The average molecular weight is 342 g/mol. The lowest BCUT2D eigenvalue weighted by atomic mass is 9.94. The Morgan fingerprint density at radius 2 is 1.48 bits per heavy atom. The third-order valence-corrected chi connectivity index (χ3v) is 3.12. The van der Waals surface area contributed by atoms with Crippen molar-refractivity contribution in [2.75, 3.05) is 13.1 Å². The predicted molar refractivity (Wildman–Crippen MR) is 82.0 cm³/mol. The Hall–Kier alpha value is -1.36. The van der Waals surface area contributed by atoms with Gasteiger partial charge in [-0.1, -0.05) is 6.42 Å². The van der Waals surface area contributed by atoms with Crippen molar-refractivity contribution in [2.45, 2.75) is 56.5 Å². The third kappa shape index (κ3) is 10.9. The van der Waals surface area contributed by atoms with Crippen LogP contribution >= 0.6 is 0 Å². The van der Waals surface area contributed by atoms with Gasteiger partial charge in [0.1, 0.15) is 6.04 Å². The Morgan fingerprint density at radius 1 is 1.00 bits per heavy atom. The van der Waals surface area contributed by atoms with Crippen molar-refractivity contribution in [3.8, 4) is 0 Å². The van der Waals surface area contributed by atoms with Crippen LogP contribution in [0.25, 0.3) is 0 Å². The first-order valence-electron chi connectivity index (χ1n) is 7.32. The van der Waals surface area contributed by atoms with E-state index in [2.05, 4.69) is 0 Å². The van der Waals surface area contributed by atoms with Gasteiger partial charge >= 0.3 is 11.9 Å². The van der Waals surface area contributed by atoms with Crippen LogP contribution in [0.5, 0.6) is 0 Å². The van der Waals surface area contributed by atoms with Gasteiger partial charge in [-0.3, -0.25) is 4.79 Å². The highest BCUT2D eigenvalue weighted by molar-refractivity contribution is 5.79. The van der Waals surface area contributed by atoms with Gasteiger partial charge in [0.25, 0.3) is 6.43 Å². The Kier molecular flexibility index (Phi) is 13.6. The van der Waals surface area contributed by atoms with Crippen molar-refractivity contribution in [3.63, 3.8) is 0 Å². The monoisotopic (exact) mass is 342 g/mol. The van der Waals surface area contributed by atoms with E-state index in [4.69, 9.17) is 33.1 Å². The van der Waals surface area contributed by atoms with Crippen LogP contribution in [-0.4, -0.2) is 53.2 Å². The molecule has 138 valence electrons. The van der Waals surface area contributed by atoms with Crippen molar-refractivity contribution >= 4 is 11.9 Å². The minimum atomic E-state index is -3.05. The molecule has 0 aromatic carbocycles. The minimum absolute atomic E-state index is 0.253. The van der Waals surface area contributed by atoms with E-state index in [0.717, 1.165) is 12.8 Å². The summed E-state index contributed by atoms with van der Waals surface area (Å²) in [5, 5.41) is 16.8. The molecule has 0 aromatic heterocycles. The highest BCUT2D eigenvalue weighted by atomic mass is 19.3. The number of carboxylic acids is 2. The van der Waals surface area contributed by atoms with Crippen molar-refractivity contribution in [1.29, 1.82) is 0 Å². The molecule has 0 aliphatic rings. The largest absolute Gasteiger partial charge is 0.480 e. The summed E-state index contributed by atoms with van der Waals surface area (Å²) in [5.41, 5.74) is 18.2. The number of halogens is 2. The highest BCUT2D eigenvalue weighted by Crippen LogP contribution is 2.20. The summed E-state index contributed by atoms with van der Waals surface area (Å²) in [6.07, 6.45) is -0.347. The molecule has 0 aromatic rings. The lowest BCUT2D eigenvalue weighted by molar-refractivity contribution is -0.150. The molecule has 10 heteroatoms. The first kappa shape index (κ1) is 23.9. The molecule has 0 radical (unpaired) electrons. The van der Waals surface area contributed by atoms with E-state index >= 15 is 0 Å². The van der Waals surface area contributed by atoms with Crippen LogP contribution in [0.15, 0.2) is 0 Å². The topological polar surface area (TPSA) is 179 Å². The molecule has 0 bridgehead atoms.